The number of Topliss-reactive ketones (excluding diaryl/α,β-unsaturated/α-hetero) is 1. The molecule has 2 aromatic rings. The molecule has 1 aromatic heterocycles. The fourth-order valence-corrected chi connectivity index (χ4v) is 1.64. The molecule has 0 atom stereocenters. The van der Waals surface area contributed by atoms with Gasteiger partial charge in [0.05, 0.1) is 17.1 Å². The Balaban J connectivity index is 2.24. The van der Waals surface area contributed by atoms with Crippen molar-refractivity contribution in [3.8, 4) is 0 Å². The predicted octanol–water partition coefficient (Wildman–Crippen LogP) is 2.07. The lowest BCUT2D eigenvalue weighted by Crippen LogP contribution is -2.06. The smallest absolute Gasteiger partial charge is 0.171 e. The van der Waals surface area contributed by atoms with E-state index in [1.54, 1.807) is 30.6 Å². The molecule has 0 amide bonds. The van der Waals surface area contributed by atoms with Gasteiger partial charge in [0.2, 0.25) is 0 Å². The third-order valence-corrected chi connectivity index (χ3v) is 2.63. The van der Waals surface area contributed by atoms with Crippen LogP contribution in [0.25, 0.3) is 0 Å². The minimum Gasteiger partial charge on any atom is -0.398 e. The Morgan fingerprint density at radius 1 is 1.50 bits per heavy atom. The van der Waals surface area contributed by atoms with Crippen LogP contribution < -0.4 is 5.73 Å². The average Bonchev–Trinajstić information content (AvgIpc) is 2.74. The molecule has 0 saturated heterocycles. The number of ketones is 1. The number of aromatic nitrogens is 2. The van der Waals surface area contributed by atoms with Crippen LogP contribution >= 0.6 is 11.6 Å². The zero-order valence-electron chi connectivity index (χ0n) is 8.40. The number of halogens is 1. The Kier molecular flexibility index (Phi) is 2.92. The van der Waals surface area contributed by atoms with E-state index in [-0.39, 0.29) is 12.2 Å². The van der Waals surface area contributed by atoms with E-state index in [0.29, 0.717) is 22.1 Å². The van der Waals surface area contributed by atoms with Crippen molar-refractivity contribution in [2.75, 3.05) is 5.73 Å². The maximum Gasteiger partial charge on any atom is 0.171 e. The lowest BCUT2D eigenvalue weighted by Gasteiger charge is -2.04. The number of anilines is 1. The largest absolute Gasteiger partial charge is 0.398 e. The van der Waals surface area contributed by atoms with Gasteiger partial charge in [-0.15, -0.1) is 0 Å². The molecule has 82 valence electrons. The molecule has 0 aliphatic carbocycles. The second-order valence-electron chi connectivity index (χ2n) is 3.34. The molecular weight excluding hydrogens is 226 g/mol. The topological polar surface area (TPSA) is 71.8 Å². The molecule has 0 aliphatic rings. The molecule has 0 unspecified atom stereocenters. The van der Waals surface area contributed by atoms with Crippen LogP contribution in [-0.4, -0.2) is 15.8 Å². The van der Waals surface area contributed by atoms with E-state index in [4.69, 9.17) is 17.3 Å². The third kappa shape index (κ3) is 2.06. The van der Waals surface area contributed by atoms with Crippen molar-refractivity contribution in [2.45, 2.75) is 6.42 Å². The number of rotatable bonds is 3. The monoisotopic (exact) mass is 235 g/mol. The number of carbonyl (C=O) groups is 1. The average molecular weight is 236 g/mol. The molecule has 0 radical (unpaired) electrons. The second kappa shape index (κ2) is 4.37. The van der Waals surface area contributed by atoms with Gasteiger partial charge in [0.1, 0.15) is 5.82 Å². The first kappa shape index (κ1) is 10.7. The summed E-state index contributed by atoms with van der Waals surface area (Å²) in [6, 6.07) is 5.02. The van der Waals surface area contributed by atoms with Crippen LogP contribution in [0.15, 0.2) is 30.6 Å². The highest BCUT2D eigenvalue weighted by Crippen LogP contribution is 2.23. The number of H-pyrrole nitrogens is 1. The van der Waals surface area contributed by atoms with Crippen molar-refractivity contribution < 1.29 is 4.79 Å². The first-order valence-electron chi connectivity index (χ1n) is 4.74. The number of carbonyl (C=O) groups excluding carboxylic acids is 1. The van der Waals surface area contributed by atoms with Crippen LogP contribution in [0.3, 0.4) is 0 Å². The summed E-state index contributed by atoms with van der Waals surface area (Å²) in [5.74, 6) is 0.510. The highest BCUT2D eigenvalue weighted by molar-refractivity contribution is 6.36. The SMILES string of the molecule is Nc1cccc(C(=O)Cc2ncc[nH]2)c1Cl. The van der Waals surface area contributed by atoms with Crippen LogP contribution in [0, 0.1) is 0 Å². The first-order valence-corrected chi connectivity index (χ1v) is 5.11. The molecule has 3 N–H and O–H groups in total. The third-order valence-electron chi connectivity index (χ3n) is 2.21. The summed E-state index contributed by atoms with van der Waals surface area (Å²) < 4.78 is 0. The summed E-state index contributed by atoms with van der Waals surface area (Å²) in [5.41, 5.74) is 6.46. The van der Waals surface area contributed by atoms with Gasteiger partial charge in [-0.1, -0.05) is 17.7 Å². The zero-order chi connectivity index (χ0) is 11.5. The number of nitrogens with two attached hydrogens (primary N) is 1. The van der Waals surface area contributed by atoms with E-state index in [2.05, 4.69) is 9.97 Å². The van der Waals surface area contributed by atoms with Gasteiger partial charge in [-0.05, 0) is 12.1 Å². The Morgan fingerprint density at radius 2 is 2.31 bits per heavy atom. The molecule has 0 bridgehead atoms. The van der Waals surface area contributed by atoms with Crippen LogP contribution in [0.5, 0.6) is 0 Å². The number of hydrogen-bond acceptors (Lipinski definition) is 3. The predicted molar refractivity (Wildman–Crippen MR) is 62.5 cm³/mol. The summed E-state index contributed by atoms with van der Waals surface area (Å²) >= 11 is 5.95. The van der Waals surface area contributed by atoms with E-state index in [1.807, 2.05) is 0 Å². The highest BCUT2D eigenvalue weighted by atomic mass is 35.5. The molecule has 2 rings (SSSR count). The highest BCUT2D eigenvalue weighted by Gasteiger charge is 2.13. The van der Waals surface area contributed by atoms with Crippen molar-refractivity contribution in [2.24, 2.45) is 0 Å². The van der Waals surface area contributed by atoms with Crippen LogP contribution in [0.4, 0.5) is 5.69 Å². The fraction of sp³-hybridized carbons (Fsp3) is 0.0909. The number of aromatic amines is 1. The number of benzene rings is 1. The molecule has 0 fully saturated rings. The molecule has 4 nitrogen and oxygen atoms in total. The van der Waals surface area contributed by atoms with Gasteiger partial charge in [-0.2, -0.15) is 0 Å². The summed E-state index contributed by atoms with van der Waals surface area (Å²) in [7, 11) is 0. The van der Waals surface area contributed by atoms with Crippen molar-refractivity contribution in [1.82, 2.24) is 9.97 Å². The molecule has 16 heavy (non-hydrogen) atoms. The zero-order valence-corrected chi connectivity index (χ0v) is 9.16. The molecular formula is C11H10ClN3O. The normalized spacial score (nSPS) is 10.3. The standard InChI is InChI=1S/C11H10ClN3O/c12-11-7(2-1-3-8(11)13)9(16)6-10-14-4-5-15-10/h1-5H,6,13H2,(H,14,15). The Morgan fingerprint density at radius 3 is 3.00 bits per heavy atom. The molecule has 1 heterocycles. The molecule has 0 saturated carbocycles. The summed E-state index contributed by atoms with van der Waals surface area (Å²) in [5, 5.41) is 0.305. The van der Waals surface area contributed by atoms with Gasteiger partial charge < -0.3 is 10.7 Å². The molecule has 5 heteroatoms. The number of nitrogen functional groups attached to an aromatic ring is 1. The Hall–Kier alpha value is -1.81. The van der Waals surface area contributed by atoms with Crippen molar-refractivity contribution >= 4 is 23.1 Å². The van der Waals surface area contributed by atoms with Gasteiger partial charge in [0.25, 0.3) is 0 Å². The molecule has 0 spiro atoms. The summed E-state index contributed by atoms with van der Waals surface area (Å²) in [6.07, 6.45) is 3.46. The minimum atomic E-state index is -0.104. The quantitative estimate of drug-likeness (QED) is 0.632. The summed E-state index contributed by atoms with van der Waals surface area (Å²) in [6.45, 7) is 0. The number of nitrogens with one attached hydrogen (secondary N) is 1. The maximum absolute atomic E-state index is 11.9. The van der Waals surface area contributed by atoms with E-state index in [1.165, 1.54) is 0 Å². The van der Waals surface area contributed by atoms with Crippen LogP contribution in [0.2, 0.25) is 5.02 Å². The lowest BCUT2D eigenvalue weighted by molar-refractivity contribution is 0.0991. The van der Waals surface area contributed by atoms with E-state index in [0.717, 1.165) is 0 Å². The van der Waals surface area contributed by atoms with Gasteiger partial charge in [-0.25, -0.2) is 4.98 Å². The number of hydrogen-bond donors (Lipinski definition) is 2. The van der Waals surface area contributed by atoms with E-state index >= 15 is 0 Å². The maximum atomic E-state index is 11.9. The molecule has 0 aliphatic heterocycles. The lowest BCUT2D eigenvalue weighted by atomic mass is 10.1. The van der Waals surface area contributed by atoms with Gasteiger partial charge in [0, 0.05) is 18.0 Å². The molecule has 1 aromatic carbocycles. The van der Waals surface area contributed by atoms with Crippen LogP contribution in [-0.2, 0) is 6.42 Å². The van der Waals surface area contributed by atoms with E-state index < -0.39 is 0 Å². The fourth-order valence-electron chi connectivity index (χ4n) is 1.41. The van der Waals surface area contributed by atoms with Gasteiger partial charge >= 0.3 is 0 Å². The second-order valence-corrected chi connectivity index (χ2v) is 3.72. The first-order chi connectivity index (χ1) is 7.68. The van der Waals surface area contributed by atoms with Gasteiger partial charge in [-0.3, -0.25) is 4.79 Å². The van der Waals surface area contributed by atoms with Crippen LogP contribution in [0.1, 0.15) is 16.2 Å². The van der Waals surface area contributed by atoms with E-state index in [9.17, 15) is 4.79 Å². The van der Waals surface area contributed by atoms with Crippen molar-refractivity contribution in [3.05, 3.63) is 47.0 Å². The Bertz CT molecular complexity index is 508. The summed E-state index contributed by atoms with van der Waals surface area (Å²) in [4.78, 5) is 18.7. The Labute approximate surface area is 97.5 Å². The van der Waals surface area contributed by atoms with Crippen molar-refractivity contribution in [3.63, 3.8) is 0 Å². The number of nitrogens with zero attached hydrogens (tertiary/aromatic N) is 1. The van der Waals surface area contributed by atoms with Crippen molar-refractivity contribution in [1.29, 1.82) is 0 Å². The minimum absolute atomic E-state index is 0.104. The van der Waals surface area contributed by atoms with Gasteiger partial charge in [0.15, 0.2) is 5.78 Å². The number of imidazole rings is 1.